The summed E-state index contributed by atoms with van der Waals surface area (Å²) in [7, 11) is 0. The molecule has 94 valence electrons. The van der Waals surface area contributed by atoms with Crippen molar-refractivity contribution < 1.29 is 9.59 Å². The summed E-state index contributed by atoms with van der Waals surface area (Å²) in [6.07, 6.45) is 3.23. The third kappa shape index (κ3) is 1.61. The SMILES string of the molecule is CC1CC2C(=O)N(c3ncccc3Br)C(=O)C2C1. The number of halogens is 1. The maximum absolute atomic E-state index is 12.3. The number of hydrogen-bond donors (Lipinski definition) is 0. The van der Waals surface area contributed by atoms with Gasteiger partial charge in [-0.2, -0.15) is 0 Å². The quantitative estimate of drug-likeness (QED) is 0.748. The fourth-order valence-electron chi connectivity index (χ4n) is 3.03. The number of carbonyl (C=O) groups is 2. The van der Waals surface area contributed by atoms with Crippen molar-refractivity contribution in [2.24, 2.45) is 17.8 Å². The first kappa shape index (κ1) is 11.8. The Labute approximate surface area is 114 Å². The molecule has 2 amide bonds. The van der Waals surface area contributed by atoms with Crippen LogP contribution in [0.2, 0.25) is 0 Å². The van der Waals surface area contributed by atoms with Crippen LogP contribution >= 0.6 is 15.9 Å². The smallest absolute Gasteiger partial charge is 0.238 e. The topological polar surface area (TPSA) is 50.3 Å². The maximum atomic E-state index is 12.3. The van der Waals surface area contributed by atoms with Gasteiger partial charge in [0.1, 0.15) is 0 Å². The first-order chi connectivity index (χ1) is 8.59. The number of imide groups is 1. The van der Waals surface area contributed by atoms with Crippen molar-refractivity contribution in [1.82, 2.24) is 4.98 Å². The van der Waals surface area contributed by atoms with Crippen LogP contribution in [0.5, 0.6) is 0 Å². The van der Waals surface area contributed by atoms with Crippen LogP contribution < -0.4 is 4.90 Å². The van der Waals surface area contributed by atoms with Crippen LogP contribution in [-0.2, 0) is 9.59 Å². The lowest BCUT2D eigenvalue weighted by molar-refractivity contribution is -0.123. The van der Waals surface area contributed by atoms with E-state index in [0.717, 1.165) is 12.8 Å². The normalized spacial score (nSPS) is 31.0. The Bertz CT molecular complexity index is 507. The van der Waals surface area contributed by atoms with Crippen LogP contribution in [0.25, 0.3) is 0 Å². The molecule has 4 nitrogen and oxygen atoms in total. The molecule has 1 aliphatic carbocycles. The Morgan fingerprint density at radius 2 is 1.89 bits per heavy atom. The van der Waals surface area contributed by atoms with Gasteiger partial charge in [0, 0.05) is 6.20 Å². The second kappa shape index (κ2) is 4.16. The molecule has 0 N–H and O–H groups in total. The molecule has 3 rings (SSSR count). The van der Waals surface area contributed by atoms with Crippen LogP contribution in [0.1, 0.15) is 19.8 Å². The Hall–Kier alpha value is -1.23. The summed E-state index contributed by atoms with van der Waals surface area (Å²) in [6.45, 7) is 2.10. The highest BCUT2D eigenvalue weighted by Gasteiger charge is 2.52. The molecule has 0 radical (unpaired) electrons. The van der Waals surface area contributed by atoms with Gasteiger partial charge in [0.2, 0.25) is 11.8 Å². The maximum Gasteiger partial charge on any atom is 0.238 e. The number of nitrogens with zero attached hydrogens (tertiary/aromatic N) is 2. The lowest BCUT2D eigenvalue weighted by Gasteiger charge is -2.16. The van der Waals surface area contributed by atoms with E-state index in [1.807, 2.05) is 0 Å². The van der Waals surface area contributed by atoms with Crippen molar-refractivity contribution in [3.8, 4) is 0 Å². The van der Waals surface area contributed by atoms with Gasteiger partial charge in [0.15, 0.2) is 5.82 Å². The zero-order valence-electron chi connectivity index (χ0n) is 9.97. The molecule has 2 unspecified atom stereocenters. The molecule has 0 spiro atoms. The zero-order valence-corrected chi connectivity index (χ0v) is 11.6. The van der Waals surface area contributed by atoms with Gasteiger partial charge < -0.3 is 0 Å². The number of rotatable bonds is 1. The number of anilines is 1. The lowest BCUT2D eigenvalue weighted by atomic mass is 10.00. The lowest BCUT2D eigenvalue weighted by Crippen LogP contribution is -2.33. The predicted molar refractivity (Wildman–Crippen MR) is 69.8 cm³/mol. The van der Waals surface area contributed by atoms with Crippen molar-refractivity contribution in [1.29, 1.82) is 0 Å². The van der Waals surface area contributed by atoms with Crippen LogP contribution in [0.3, 0.4) is 0 Å². The number of carbonyl (C=O) groups excluding carboxylic acids is 2. The Kier molecular flexibility index (Phi) is 2.73. The molecule has 5 heteroatoms. The van der Waals surface area contributed by atoms with Crippen LogP contribution in [0.15, 0.2) is 22.8 Å². The fourth-order valence-corrected chi connectivity index (χ4v) is 3.46. The highest BCUT2D eigenvalue weighted by molar-refractivity contribution is 9.10. The first-order valence-corrected chi connectivity index (χ1v) is 6.87. The Morgan fingerprint density at radius 3 is 2.44 bits per heavy atom. The number of fused-ring (bicyclic) bond motifs is 1. The third-order valence-corrected chi connectivity index (χ3v) is 4.44. The van der Waals surface area contributed by atoms with Gasteiger partial charge in [-0.15, -0.1) is 0 Å². The van der Waals surface area contributed by atoms with E-state index in [1.165, 1.54) is 4.90 Å². The van der Waals surface area contributed by atoms with E-state index >= 15 is 0 Å². The van der Waals surface area contributed by atoms with E-state index in [9.17, 15) is 9.59 Å². The molecule has 1 aromatic rings. The van der Waals surface area contributed by atoms with E-state index in [2.05, 4.69) is 27.8 Å². The predicted octanol–water partition coefficient (Wildman–Crippen LogP) is 2.38. The number of aromatic nitrogens is 1. The Balaban J connectivity index is 1.99. The summed E-state index contributed by atoms with van der Waals surface area (Å²) in [5.41, 5.74) is 0. The largest absolute Gasteiger partial charge is 0.274 e. The van der Waals surface area contributed by atoms with Gasteiger partial charge in [-0.25, -0.2) is 9.88 Å². The monoisotopic (exact) mass is 308 g/mol. The molecular weight excluding hydrogens is 296 g/mol. The van der Waals surface area contributed by atoms with Gasteiger partial charge in [0.25, 0.3) is 0 Å². The highest BCUT2D eigenvalue weighted by Crippen LogP contribution is 2.44. The number of hydrogen-bond acceptors (Lipinski definition) is 3. The molecule has 1 aliphatic heterocycles. The molecule has 1 saturated carbocycles. The molecular formula is C13H13BrN2O2. The van der Waals surface area contributed by atoms with Crippen molar-refractivity contribution in [3.05, 3.63) is 22.8 Å². The van der Waals surface area contributed by atoms with Gasteiger partial charge >= 0.3 is 0 Å². The Morgan fingerprint density at radius 1 is 1.28 bits per heavy atom. The molecule has 0 aromatic carbocycles. The second-order valence-electron chi connectivity index (χ2n) is 5.11. The van der Waals surface area contributed by atoms with Crippen molar-refractivity contribution in [3.63, 3.8) is 0 Å². The molecule has 2 heterocycles. The molecule has 2 aliphatic rings. The molecule has 1 saturated heterocycles. The molecule has 0 bridgehead atoms. The van der Waals surface area contributed by atoms with Crippen molar-refractivity contribution in [2.45, 2.75) is 19.8 Å². The van der Waals surface area contributed by atoms with Crippen LogP contribution in [0, 0.1) is 17.8 Å². The third-order valence-electron chi connectivity index (χ3n) is 3.82. The van der Waals surface area contributed by atoms with Gasteiger partial charge in [0.05, 0.1) is 16.3 Å². The van der Waals surface area contributed by atoms with Crippen LogP contribution in [-0.4, -0.2) is 16.8 Å². The average Bonchev–Trinajstić information content (AvgIpc) is 2.82. The minimum Gasteiger partial charge on any atom is -0.274 e. The first-order valence-electron chi connectivity index (χ1n) is 6.08. The average molecular weight is 309 g/mol. The van der Waals surface area contributed by atoms with E-state index < -0.39 is 0 Å². The highest BCUT2D eigenvalue weighted by atomic mass is 79.9. The molecule has 1 aromatic heterocycles. The van der Waals surface area contributed by atoms with E-state index in [1.54, 1.807) is 18.3 Å². The number of amides is 2. The second-order valence-corrected chi connectivity index (χ2v) is 5.96. The van der Waals surface area contributed by atoms with Gasteiger partial charge in [-0.05, 0) is 46.8 Å². The summed E-state index contributed by atoms with van der Waals surface area (Å²) in [5, 5.41) is 0. The minimum absolute atomic E-state index is 0.0891. The van der Waals surface area contributed by atoms with E-state index in [4.69, 9.17) is 0 Å². The summed E-state index contributed by atoms with van der Waals surface area (Å²) < 4.78 is 0.680. The van der Waals surface area contributed by atoms with Crippen molar-refractivity contribution >= 4 is 33.6 Å². The summed E-state index contributed by atoms with van der Waals surface area (Å²) in [5.74, 6) is 0.432. The summed E-state index contributed by atoms with van der Waals surface area (Å²) in [4.78, 5) is 30.1. The zero-order chi connectivity index (χ0) is 12.9. The molecule has 18 heavy (non-hydrogen) atoms. The van der Waals surface area contributed by atoms with E-state index in [-0.39, 0.29) is 23.7 Å². The van der Waals surface area contributed by atoms with Gasteiger partial charge in [-0.1, -0.05) is 6.92 Å². The molecule has 2 atom stereocenters. The summed E-state index contributed by atoms with van der Waals surface area (Å²) >= 11 is 3.34. The number of pyridine rings is 1. The van der Waals surface area contributed by atoms with Crippen molar-refractivity contribution in [2.75, 3.05) is 4.90 Å². The minimum atomic E-state index is -0.138. The standard InChI is InChI=1S/C13H13BrN2O2/c1-7-5-8-9(6-7)13(18)16(12(8)17)11-10(14)3-2-4-15-11/h2-4,7-9H,5-6H2,1H3. The van der Waals surface area contributed by atoms with E-state index in [0.29, 0.717) is 16.2 Å². The fraction of sp³-hybridized carbons (Fsp3) is 0.462. The van der Waals surface area contributed by atoms with Gasteiger partial charge in [-0.3, -0.25) is 9.59 Å². The van der Waals surface area contributed by atoms with Crippen LogP contribution in [0.4, 0.5) is 5.82 Å². The molecule has 2 fully saturated rings. The summed E-state index contributed by atoms with van der Waals surface area (Å²) in [6, 6.07) is 3.56.